The molecule has 1 fully saturated rings. The second-order valence-corrected chi connectivity index (χ2v) is 8.52. The second-order valence-electron chi connectivity index (χ2n) is 7.58. The molecule has 2 N–H and O–H groups in total. The van der Waals surface area contributed by atoms with Gasteiger partial charge in [0, 0.05) is 48.3 Å². The molecular weight excluding hydrogens is 392 g/mol. The zero-order chi connectivity index (χ0) is 21.0. The molecule has 0 saturated carbocycles. The third-order valence-electron chi connectivity index (χ3n) is 5.41. The van der Waals surface area contributed by atoms with Gasteiger partial charge in [0.15, 0.2) is 0 Å². The smallest absolute Gasteiger partial charge is 0.211 e. The molecule has 7 heteroatoms. The van der Waals surface area contributed by atoms with Gasteiger partial charge in [0.25, 0.3) is 0 Å². The van der Waals surface area contributed by atoms with Gasteiger partial charge in [-0.2, -0.15) is 5.26 Å². The van der Waals surface area contributed by atoms with Gasteiger partial charge in [0.2, 0.25) is 12.2 Å². The van der Waals surface area contributed by atoms with Crippen molar-refractivity contribution in [1.82, 2.24) is 15.2 Å². The maximum atomic E-state index is 8.86. The van der Waals surface area contributed by atoms with E-state index in [4.69, 9.17) is 5.26 Å². The number of nitrogens with one attached hydrogen (secondary N) is 2. The number of likely N-dealkylation sites (tertiary alicyclic amines) is 1. The van der Waals surface area contributed by atoms with E-state index in [-0.39, 0.29) is 0 Å². The normalized spacial score (nSPS) is 16.3. The van der Waals surface area contributed by atoms with Gasteiger partial charge in [0.1, 0.15) is 0 Å². The van der Waals surface area contributed by atoms with Crippen molar-refractivity contribution in [2.45, 2.75) is 38.5 Å². The number of hydrogen-bond acceptors (Lipinski definition) is 5. The maximum Gasteiger partial charge on any atom is 0.211 e. The summed E-state index contributed by atoms with van der Waals surface area (Å²) in [5, 5.41) is 17.3. The third-order valence-corrected chi connectivity index (χ3v) is 6.33. The molecule has 30 heavy (non-hydrogen) atoms. The number of aromatic nitrogens is 1. The Balaban J connectivity index is 1.25. The molecule has 158 valence electrons. The lowest BCUT2D eigenvalue weighted by Crippen LogP contribution is -2.31. The number of aliphatic imine (C=N–C) groups is 1. The van der Waals surface area contributed by atoms with Crippen molar-refractivity contribution in [2.75, 3.05) is 25.0 Å². The number of nitriles is 1. The number of rotatable bonds is 10. The molecule has 1 unspecified atom stereocenters. The van der Waals surface area contributed by atoms with Crippen LogP contribution in [-0.4, -0.2) is 35.5 Å². The first kappa shape index (κ1) is 21.8. The minimum Gasteiger partial charge on any atom is -0.371 e. The summed E-state index contributed by atoms with van der Waals surface area (Å²) in [7, 11) is 0. The Labute approximate surface area is 183 Å². The predicted octanol–water partition coefficient (Wildman–Crippen LogP) is 4.92. The molecule has 0 aliphatic carbocycles. The standard InChI is InChI=1S/C23H30N6S/c1-19(22-8-6-16-30-22)29-15-11-20(17-29)7-4-2-3-5-12-26-23(27-18-24)28-21-9-13-25-14-10-21/h6,8-10,13-14,16,20H,1-5,7,11-12,15,17H2,(H2,25,26,27,28). The molecular formula is C23H30N6S. The van der Waals surface area contributed by atoms with Crippen LogP contribution in [0.4, 0.5) is 5.69 Å². The van der Waals surface area contributed by atoms with Gasteiger partial charge in [0.05, 0.1) is 0 Å². The highest BCUT2D eigenvalue weighted by molar-refractivity contribution is 7.11. The van der Waals surface area contributed by atoms with Crippen LogP contribution in [0.5, 0.6) is 0 Å². The zero-order valence-electron chi connectivity index (χ0n) is 17.4. The molecule has 0 radical (unpaired) electrons. The van der Waals surface area contributed by atoms with Gasteiger partial charge in [-0.05, 0) is 48.8 Å². The van der Waals surface area contributed by atoms with Crippen LogP contribution in [0, 0.1) is 17.4 Å². The van der Waals surface area contributed by atoms with E-state index in [1.165, 1.54) is 42.7 Å². The summed E-state index contributed by atoms with van der Waals surface area (Å²) in [6, 6.07) is 7.94. The zero-order valence-corrected chi connectivity index (χ0v) is 18.2. The van der Waals surface area contributed by atoms with Gasteiger partial charge < -0.3 is 15.5 Å². The van der Waals surface area contributed by atoms with E-state index in [0.29, 0.717) is 5.96 Å². The van der Waals surface area contributed by atoms with E-state index in [1.54, 1.807) is 23.7 Å². The molecule has 0 spiro atoms. The number of hydrogen-bond donors (Lipinski definition) is 2. The van der Waals surface area contributed by atoms with Crippen LogP contribution in [-0.2, 0) is 0 Å². The minimum atomic E-state index is 0.487. The van der Waals surface area contributed by atoms with Gasteiger partial charge in [-0.25, -0.2) is 0 Å². The molecule has 1 atom stereocenters. The summed E-state index contributed by atoms with van der Waals surface area (Å²) in [4.78, 5) is 11.5. The average molecular weight is 423 g/mol. The number of nitrogens with zero attached hydrogens (tertiary/aromatic N) is 4. The highest BCUT2D eigenvalue weighted by atomic mass is 32.1. The van der Waals surface area contributed by atoms with Crippen LogP contribution < -0.4 is 10.6 Å². The molecule has 1 aliphatic rings. The number of guanidine groups is 1. The minimum absolute atomic E-state index is 0.487. The van der Waals surface area contributed by atoms with E-state index in [1.807, 2.05) is 18.3 Å². The fraction of sp³-hybridized carbons (Fsp3) is 0.435. The van der Waals surface area contributed by atoms with Crippen LogP contribution >= 0.6 is 11.3 Å². The topological polar surface area (TPSA) is 76.3 Å². The molecule has 1 saturated heterocycles. The van der Waals surface area contributed by atoms with Crippen LogP contribution in [0.15, 0.2) is 53.6 Å². The van der Waals surface area contributed by atoms with Crippen molar-refractivity contribution >= 4 is 28.7 Å². The van der Waals surface area contributed by atoms with Crippen LogP contribution in [0.2, 0.25) is 0 Å². The molecule has 0 bridgehead atoms. The van der Waals surface area contributed by atoms with E-state index >= 15 is 0 Å². The number of pyridine rings is 1. The predicted molar refractivity (Wildman–Crippen MR) is 125 cm³/mol. The first-order chi connectivity index (χ1) is 14.8. The summed E-state index contributed by atoms with van der Waals surface area (Å²) in [5.74, 6) is 1.28. The highest BCUT2D eigenvalue weighted by Gasteiger charge is 2.23. The number of thiophene rings is 1. The summed E-state index contributed by atoms with van der Waals surface area (Å²) < 4.78 is 0. The first-order valence-corrected chi connectivity index (χ1v) is 11.5. The molecule has 2 aromatic rings. The largest absolute Gasteiger partial charge is 0.371 e. The molecule has 3 rings (SSSR count). The average Bonchev–Trinajstić information content (AvgIpc) is 3.46. The van der Waals surface area contributed by atoms with Crippen molar-refractivity contribution in [3.8, 4) is 6.19 Å². The quantitative estimate of drug-likeness (QED) is 0.246. The fourth-order valence-electron chi connectivity index (χ4n) is 3.76. The summed E-state index contributed by atoms with van der Waals surface area (Å²) in [5.41, 5.74) is 2.05. The SMILES string of the molecule is C=C(c1cccs1)N1CCC(CCCCCCN/C(=N/C#N)Nc2ccncc2)C1. The van der Waals surface area contributed by atoms with Crippen molar-refractivity contribution < 1.29 is 0 Å². The van der Waals surface area contributed by atoms with Crippen LogP contribution in [0.3, 0.4) is 0 Å². The number of anilines is 1. The van der Waals surface area contributed by atoms with E-state index in [2.05, 4.69) is 49.6 Å². The molecule has 0 amide bonds. The Kier molecular flexibility index (Phi) is 8.73. The Hall–Kier alpha value is -2.85. The summed E-state index contributed by atoms with van der Waals surface area (Å²) in [6.45, 7) is 7.37. The Bertz CT molecular complexity index is 840. The maximum absolute atomic E-state index is 8.86. The Morgan fingerprint density at radius 1 is 1.27 bits per heavy atom. The van der Waals surface area contributed by atoms with Crippen LogP contribution in [0.25, 0.3) is 5.70 Å². The highest BCUT2D eigenvalue weighted by Crippen LogP contribution is 2.30. The van der Waals surface area contributed by atoms with Gasteiger partial charge in [-0.3, -0.25) is 4.98 Å². The van der Waals surface area contributed by atoms with E-state index < -0.39 is 0 Å². The lowest BCUT2D eigenvalue weighted by atomic mass is 10.00. The number of unbranched alkanes of at least 4 members (excludes halogenated alkanes) is 3. The first-order valence-electron chi connectivity index (χ1n) is 10.6. The Morgan fingerprint density at radius 3 is 2.87 bits per heavy atom. The third kappa shape index (κ3) is 6.89. The van der Waals surface area contributed by atoms with E-state index in [9.17, 15) is 0 Å². The Morgan fingerprint density at radius 2 is 2.10 bits per heavy atom. The lowest BCUT2D eigenvalue weighted by molar-refractivity contribution is 0.431. The van der Waals surface area contributed by atoms with Crippen molar-refractivity contribution in [3.63, 3.8) is 0 Å². The molecule has 0 aromatic carbocycles. The van der Waals surface area contributed by atoms with E-state index in [0.717, 1.165) is 37.7 Å². The van der Waals surface area contributed by atoms with Crippen molar-refractivity contribution in [3.05, 3.63) is 53.5 Å². The lowest BCUT2D eigenvalue weighted by Gasteiger charge is -2.20. The second kappa shape index (κ2) is 12.0. The van der Waals surface area contributed by atoms with Gasteiger partial charge in [-0.1, -0.05) is 31.9 Å². The monoisotopic (exact) mass is 422 g/mol. The molecule has 3 heterocycles. The van der Waals surface area contributed by atoms with Crippen LogP contribution in [0.1, 0.15) is 43.4 Å². The molecule has 2 aromatic heterocycles. The van der Waals surface area contributed by atoms with Crippen molar-refractivity contribution in [2.24, 2.45) is 10.9 Å². The fourth-order valence-corrected chi connectivity index (χ4v) is 4.49. The van der Waals surface area contributed by atoms with Gasteiger partial charge >= 0.3 is 0 Å². The summed E-state index contributed by atoms with van der Waals surface area (Å²) in [6.07, 6.45) is 12.6. The summed E-state index contributed by atoms with van der Waals surface area (Å²) >= 11 is 1.77. The molecule has 1 aliphatic heterocycles. The van der Waals surface area contributed by atoms with Crippen molar-refractivity contribution in [1.29, 1.82) is 5.26 Å². The molecule has 6 nitrogen and oxygen atoms in total. The van der Waals surface area contributed by atoms with Gasteiger partial charge in [-0.15, -0.1) is 16.3 Å².